The molecule has 6 rings (SSSR count). The molecule has 248 valence electrons. The van der Waals surface area contributed by atoms with Gasteiger partial charge in [0, 0.05) is 5.41 Å². The lowest BCUT2D eigenvalue weighted by Crippen LogP contribution is -2.71. The summed E-state index contributed by atoms with van der Waals surface area (Å²) in [4.78, 5) is 27.1. The van der Waals surface area contributed by atoms with Gasteiger partial charge in [-0.2, -0.15) is 0 Å². The highest BCUT2D eigenvalue weighted by Gasteiger charge is 2.75. The monoisotopic (exact) mass is 622 g/mol. The molecular formula is C38H54O7. The van der Waals surface area contributed by atoms with Gasteiger partial charge < -0.3 is 24.8 Å². The molecule has 7 nitrogen and oxygen atoms in total. The number of carboxylic acid groups (broad SMARTS) is 1. The van der Waals surface area contributed by atoms with Crippen LogP contribution in [0, 0.1) is 56.7 Å². The molecule has 3 N–H and O–H groups in total. The Kier molecular flexibility index (Phi) is 7.55. The van der Waals surface area contributed by atoms with Crippen LogP contribution >= 0.6 is 0 Å². The number of carbonyl (C=O) groups is 2. The average molecular weight is 623 g/mol. The maximum atomic E-state index is 14.0. The third-order valence-electron chi connectivity index (χ3n) is 15.2. The molecule has 7 heteroatoms. The Balaban J connectivity index is 1.48. The molecule has 0 spiro atoms. The van der Waals surface area contributed by atoms with E-state index in [1.54, 1.807) is 6.07 Å². The van der Waals surface area contributed by atoms with Gasteiger partial charge >= 0.3 is 11.9 Å². The molecule has 0 aromatic heterocycles. The van der Waals surface area contributed by atoms with Gasteiger partial charge in [0.2, 0.25) is 0 Å². The van der Waals surface area contributed by atoms with Gasteiger partial charge in [-0.05, 0) is 129 Å². The normalized spacial score (nSPS) is 44.8. The number of aromatic hydroxyl groups is 1. The van der Waals surface area contributed by atoms with E-state index in [1.807, 2.05) is 0 Å². The van der Waals surface area contributed by atoms with Gasteiger partial charge in [-0.15, -0.1) is 0 Å². The zero-order valence-corrected chi connectivity index (χ0v) is 28.3. The van der Waals surface area contributed by atoms with Crippen LogP contribution in [0.2, 0.25) is 0 Å². The number of carboxylic acids is 1. The van der Waals surface area contributed by atoms with Gasteiger partial charge in [0.25, 0.3) is 0 Å². The van der Waals surface area contributed by atoms with E-state index in [2.05, 4.69) is 48.1 Å². The fourth-order valence-corrected chi connectivity index (χ4v) is 12.6. The molecule has 11 atom stereocenters. The lowest BCUT2D eigenvalue weighted by molar-refractivity contribution is -0.282. The molecule has 5 aliphatic rings. The average Bonchev–Trinajstić information content (AvgIpc) is 3.39. The van der Waals surface area contributed by atoms with Gasteiger partial charge in [-0.25, -0.2) is 4.79 Å². The number of allylic oxidation sites excluding steroid dienone is 1. The maximum absolute atomic E-state index is 14.0. The Bertz CT molecular complexity index is 1400. The first-order valence-corrected chi connectivity index (χ1v) is 17.1. The Morgan fingerprint density at radius 2 is 1.67 bits per heavy atom. The van der Waals surface area contributed by atoms with Crippen LogP contribution in [-0.2, 0) is 9.53 Å². The number of aliphatic hydroxyl groups is 1. The van der Waals surface area contributed by atoms with E-state index < -0.39 is 35.0 Å². The molecule has 0 heterocycles. The Morgan fingerprint density at radius 3 is 2.31 bits per heavy atom. The molecule has 0 amide bonds. The van der Waals surface area contributed by atoms with Crippen LogP contribution in [0.5, 0.6) is 11.5 Å². The second kappa shape index (κ2) is 10.5. The minimum Gasteiger partial charge on any atom is -0.504 e. The summed E-state index contributed by atoms with van der Waals surface area (Å²) < 4.78 is 12.0. The summed E-state index contributed by atoms with van der Waals surface area (Å²) in [5.41, 5.74) is -0.398. The molecule has 0 radical (unpaired) electrons. The van der Waals surface area contributed by atoms with Crippen molar-refractivity contribution in [2.24, 2.45) is 56.7 Å². The Labute approximate surface area is 268 Å². The van der Waals surface area contributed by atoms with Crippen LogP contribution < -0.4 is 4.74 Å². The fraction of sp³-hybridized carbons (Fsp3) is 0.737. The molecule has 5 fully saturated rings. The number of ether oxygens (including phenoxy) is 2. The summed E-state index contributed by atoms with van der Waals surface area (Å²) in [6.45, 7) is 18.0. The van der Waals surface area contributed by atoms with Crippen LogP contribution in [0.4, 0.5) is 0 Å². The summed E-state index contributed by atoms with van der Waals surface area (Å²) in [6.07, 6.45) is 6.37. The molecule has 1 aromatic rings. The van der Waals surface area contributed by atoms with Gasteiger partial charge in [0.15, 0.2) is 11.5 Å². The van der Waals surface area contributed by atoms with Crippen molar-refractivity contribution in [3.63, 3.8) is 0 Å². The second-order valence-corrected chi connectivity index (χ2v) is 16.9. The van der Waals surface area contributed by atoms with E-state index in [1.165, 1.54) is 19.2 Å². The number of aliphatic hydroxyl groups excluding tert-OH is 1. The number of hydrogen-bond donors (Lipinski definition) is 3. The lowest BCUT2D eigenvalue weighted by atomic mass is 9.31. The van der Waals surface area contributed by atoms with Crippen LogP contribution in [0.3, 0.4) is 0 Å². The quantitative estimate of drug-likeness (QED) is 0.228. The zero-order valence-electron chi connectivity index (χ0n) is 28.3. The summed E-state index contributed by atoms with van der Waals surface area (Å²) in [5.74, 6) is -0.180. The molecule has 0 unspecified atom stereocenters. The highest BCUT2D eigenvalue weighted by Crippen LogP contribution is 2.78. The SMILES string of the molecule is C=C(C)[C@@H]1CC[C@]2(C(=O)O)CC[C@]3(C)[C@H](CC[C@@H]4[C@@]5(C)CC[C@H](O)C(C)(C)[C@@H]5C[C@H](OC(=O)c5ccc(O)c(OC)c5)[C@]43C)[C@@H]12. The third-order valence-corrected chi connectivity index (χ3v) is 15.2. The third kappa shape index (κ3) is 4.24. The number of esters is 1. The standard InChI is InChI=1S/C38H54O7/c1-21(2)23-13-16-38(33(42)43)18-17-36(6)24(31(23)38)10-12-27-35(5)15-14-29(40)34(3,4)28(35)20-30(37(27,36)7)45-32(41)22-9-11-25(39)26(19-22)44-8/h9,11,19,23-24,27-31,39-40H,1,10,12-18,20H2,2-8H3,(H,42,43)/t23-,24+,27+,28-,29-,30-,31+,35+,36+,37-,38-/m0/s1. The smallest absolute Gasteiger partial charge is 0.338 e. The minimum absolute atomic E-state index is 0.0110. The van der Waals surface area contributed by atoms with Gasteiger partial charge in [-0.1, -0.05) is 46.8 Å². The predicted molar refractivity (Wildman–Crippen MR) is 172 cm³/mol. The van der Waals surface area contributed by atoms with E-state index in [0.29, 0.717) is 24.8 Å². The fourth-order valence-electron chi connectivity index (χ4n) is 12.6. The number of phenolic OH excluding ortho intramolecular Hbond substituents is 1. The number of hydrogen-bond acceptors (Lipinski definition) is 6. The number of methoxy groups -OCH3 is 1. The number of aliphatic carboxylic acids is 1. The molecule has 0 saturated heterocycles. The van der Waals surface area contributed by atoms with Gasteiger partial charge in [0.1, 0.15) is 6.10 Å². The van der Waals surface area contributed by atoms with E-state index in [4.69, 9.17) is 9.47 Å². The largest absolute Gasteiger partial charge is 0.504 e. The van der Waals surface area contributed by atoms with Crippen molar-refractivity contribution < 1.29 is 34.4 Å². The molecule has 0 aliphatic heterocycles. The molecule has 45 heavy (non-hydrogen) atoms. The van der Waals surface area contributed by atoms with E-state index >= 15 is 0 Å². The Morgan fingerprint density at radius 1 is 0.956 bits per heavy atom. The minimum atomic E-state index is -0.732. The first-order chi connectivity index (χ1) is 21.0. The summed E-state index contributed by atoms with van der Waals surface area (Å²) in [5, 5.41) is 32.2. The first kappa shape index (κ1) is 32.4. The topological polar surface area (TPSA) is 113 Å². The van der Waals surface area contributed by atoms with Crippen LogP contribution in [0.25, 0.3) is 0 Å². The van der Waals surface area contributed by atoms with Crippen LogP contribution in [0.1, 0.15) is 110 Å². The maximum Gasteiger partial charge on any atom is 0.338 e. The zero-order chi connectivity index (χ0) is 32.9. The van der Waals surface area contributed by atoms with Crippen LogP contribution in [0.15, 0.2) is 30.4 Å². The van der Waals surface area contributed by atoms with Crippen LogP contribution in [-0.4, -0.2) is 46.6 Å². The summed E-state index contributed by atoms with van der Waals surface area (Å²) in [6, 6.07) is 4.56. The predicted octanol–water partition coefficient (Wildman–Crippen LogP) is 7.64. The first-order valence-electron chi connectivity index (χ1n) is 17.1. The van der Waals surface area contributed by atoms with Crippen molar-refractivity contribution >= 4 is 11.9 Å². The van der Waals surface area contributed by atoms with Crippen molar-refractivity contribution in [1.82, 2.24) is 0 Å². The van der Waals surface area contributed by atoms with Crippen molar-refractivity contribution in [3.05, 3.63) is 35.9 Å². The van der Waals surface area contributed by atoms with E-state index in [9.17, 15) is 24.9 Å². The van der Waals surface area contributed by atoms with Gasteiger partial charge in [-0.3, -0.25) is 4.79 Å². The number of carbonyl (C=O) groups excluding carboxylic acids is 1. The van der Waals surface area contributed by atoms with Crippen molar-refractivity contribution in [3.8, 4) is 11.5 Å². The number of benzene rings is 1. The molecule has 5 aliphatic carbocycles. The van der Waals surface area contributed by atoms with Gasteiger partial charge in [0.05, 0.1) is 24.2 Å². The number of fused-ring (bicyclic) bond motifs is 7. The lowest BCUT2D eigenvalue weighted by Gasteiger charge is -2.73. The summed E-state index contributed by atoms with van der Waals surface area (Å²) in [7, 11) is 1.46. The van der Waals surface area contributed by atoms with Crippen molar-refractivity contribution in [1.29, 1.82) is 0 Å². The molecular weight excluding hydrogens is 568 g/mol. The summed E-state index contributed by atoms with van der Waals surface area (Å²) >= 11 is 0. The highest BCUT2D eigenvalue weighted by molar-refractivity contribution is 5.90. The highest BCUT2D eigenvalue weighted by atomic mass is 16.5. The number of rotatable bonds is 5. The molecule has 5 saturated carbocycles. The van der Waals surface area contributed by atoms with Crippen molar-refractivity contribution in [2.45, 2.75) is 112 Å². The van der Waals surface area contributed by atoms with Crippen molar-refractivity contribution in [2.75, 3.05) is 7.11 Å². The molecule has 1 aromatic carbocycles. The van der Waals surface area contributed by atoms with E-state index in [0.717, 1.165) is 44.1 Å². The molecule has 0 bridgehead atoms. The van der Waals surface area contributed by atoms with E-state index in [-0.39, 0.29) is 57.3 Å². The Hall–Kier alpha value is -2.54. The number of phenols is 1. The second-order valence-electron chi connectivity index (χ2n) is 16.9.